The highest BCUT2D eigenvalue weighted by atomic mass is 31.2. The van der Waals surface area contributed by atoms with E-state index < -0.39 is 57.8 Å². The lowest BCUT2D eigenvalue weighted by molar-refractivity contribution is -0.161. The molecule has 0 heterocycles. The van der Waals surface area contributed by atoms with Crippen LogP contribution < -0.4 is 0 Å². The van der Waals surface area contributed by atoms with Crippen molar-refractivity contribution < 1.29 is 52.2 Å². The van der Waals surface area contributed by atoms with Crippen molar-refractivity contribution in [3.63, 3.8) is 0 Å². The molecule has 0 aliphatic carbocycles. The largest absolute Gasteiger partial charge is 0.472 e. The Morgan fingerprint density at radius 3 is 1.21 bits per heavy atom. The minimum absolute atomic E-state index is 0.160. The van der Waals surface area contributed by atoms with E-state index in [4.69, 9.17) is 23.3 Å². The van der Waals surface area contributed by atoms with Crippen LogP contribution in [-0.2, 0) is 42.2 Å². The summed E-state index contributed by atoms with van der Waals surface area (Å²) in [5, 5.41) is 9.77. The number of carbonyl (C=O) groups excluding carboxylic acids is 3. The number of rotatable bonds is 51. The maximum absolute atomic E-state index is 12.9. The zero-order valence-corrected chi connectivity index (χ0v) is 44.5. The molecule has 0 aromatic heterocycles. The van der Waals surface area contributed by atoms with Crippen molar-refractivity contribution >= 4 is 25.7 Å². The topological polar surface area (TPSA) is 155 Å². The van der Waals surface area contributed by atoms with Crippen LogP contribution in [-0.4, -0.2) is 66.5 Å². The molecule has 12 heteroatoms. The fraction of sp³-hybridized carbons (Fsp3) is 0.804. The van der Waals surface area contributed by atoms with Gasteiger partial charge in [0.1, 0.15) is 12.7 Å². The average molecular weight is 981 g/mol. The second kappa shape index (κ2) is 50.8. The first kappa shape index (κ1) is 65.4. The van der Waals surface area contributed by atoms with Crippen molar-refractivity contribution in [1.82, 2.24) is 0 Å². The van der Waals surface area contributed by atoms with Crippen molar-refractivity contribution in [2.75, 3.05) is 26.4 Å². The van der Waals surface area contributed by atoms with Crippen molar-refractivity contribution in [2.45, 2.75) is 264 Å². The zero-order chi connectivity index (χ0) is 49.9. The second-order valence-corrected chi connectivity index (χ2v) is 19.8. The Morgan fingerprint density at radius 1 is 0.412 bits per heavy atom. The number of hydrogen-bond acceptors (Lipinski definition) is 10. The summed E-state index contributed by atoms with van der Waals surface area (Å²) in [4.78, 5) is 48.4. The third-order valence-corrected chi connectivity index (χ3v) is 12.6. The molecule has 2 N–H and O–H groups in total. The van der Waals surface area contributed by atoms with Gasteiger partial charge in [0, 0.05) is 19.3 Å². The van der Waals surface area contributed by atoms with Crippen molar-refractivity contribution in [1.29, 1.82) is 0 Å². The Hall–Kier alpha value is -2.56. The summed E-state index contributed by atoms with van der Waals surface area (Å²) in [6.07, 6.45) is 52.2. The molecule has 68 heavy (non-hydrogen) atoms. The highest BCUT2D eigenvalue weighted by molar-refractivity contribution is 7.47. The molecule has 0 spiro atoms. The number of carbonyl (C=O) groups is 3. The molecule has 0 saturated heterocycles. The molecule has 0 radical (unpaired) electrons. The number of allylic oxidation sites excluding steroid dienone is 8. The van der Waals surface area contributed by atoms with Crippen LogP contribution in [0.2, 0.25) is 0 Å². The molecule has 11 nitrogen and oxygen atoms in total. The fourth-order valence-electron chi connectivity index (χ4n) is 7.43. The van der Waals surface area contributed by atoms with Gasteiger partial charge in [-0.15, -0.1) is 0 Å². The van der Waals surface area contributed by atoms with Crippen LogP contribution in [0.1, 0.15) is 252 Å². The van der Waals surface area contributed by atoms with Crippen LogP contribution in [0.3, 0.4) is 0 Å². The molecule has 3 unspecified atom stereocenters. The Morgan fingerprint density at radius 2 is 0.765 bits per heavy atom. The molecule has 0 fully saturated rings. The van der Waals surface area contributed by atoms with Gasteiger partial charge < -0.3 is 24.2 Å². The average Bonchev–Trinajstić information content (AvgIpc) is 3.32. The van der Waals surface area contributed by atoms with E-state index in [1.807, 2.05) is 0 Å². The summed E-state index contributed by atoms with van der Waals surface area (Å²) < 4.78 is 39.4. The van der Waals surface area contributed by atoms with Gasteiger partial charge in [-0.05, 0) is 89.9 Å². The molecule has 0 rings (SSSR count). The summed E-state index contributed by atoms with van der Waals surface area (Å²) >= 11 is 0. The van der Waals surface area contributed by atoms with E-state index in [1.165, 1.54) is 77.0 Å². The molecular weight excluding hydrogens is 880 g/mol. The van der Waals surface area contributed by atoms with Crippen LogP contribution in [0.15, 0.2) is 48.6 Å². The van der Waals surface area contributed by atoms with Gasteiger partial charge in [-0.25, -0.2) is 4.57 Å². The van der Waals surface area contributed by atoms with Crippen LogP contribution in [0, 0.1) is 0 Å². The molecule has 0 saturated carbocycles. The maximum atomic E-state index is 12.9. The first-order chi connectivity index (χ1) is 33.2. The zero-order valence-electron chi connectivity index (χ0n) is 43.6. The molecule has 396 valence electrons. The van der Waals surface area contributed by atoms with E-state index in [0.29, 0.717) is 19.3 Å². The van der Waals surface area contributed by atoms with E-state index >= 15 is 0 Å². The minimum atomic E-state index is -4.75. The molecule has 0 aliphatic heterocycles. The second-order valence-electron chi connectivity index (χ2n) is 18.4. The third kappa shape index (κ3) is 48.5. The number of phosphoric acid groups is 1. The molecule has 0 bridgehead atoms. The lowest BCUT2D eigenvalue weighted by Crippen LogP contribution is -2.30. The first-order valence-electron chi connectivity index (χ1n) is 27.5. The Balaban J connectivity index is 4.74. The van der Waals surface area contributed by atoms with Gasteiger partial charge in [0.25, 0.3) is 0 Å². The SMILES string of the molecule is CCC/C=C\C/C=C\CCCCCCCC(=O)OCC(COP(=O)(O)OCC(CO)OC(=O)CCCCCCC/C=C\CCCC)OC(=O)CCCCCCCCC/C=C\CCCCCCCC. The molecule has 0 amide bonds. The maximum Gasteiger partial charge on any atom is 0.472 e. The Labute approximate surface area is 415 Å². The number of hydrogen-bond donors (Lipinski definition) is 2. The molecule has 0 aliphatic rings. The lowest BCUT2D eigenvalue weighted by Gasteiger charge is -2.21. The van der Waals surface area contributed by atoms with Crippen molar-refractivity contribution in [3.05, 3.63) is 48.6 Å². The lowest BCUT2D eigenvalue weighted by atomic mass is 10.1. The van der Waals surface area contributed by atoms with Gasteiger partial charge in [0.2, 0.25) is 0 Å². The predicted octanol–water partition coefficient (Wildman–Crippen LogP) is 15.8. The molecule has 0 aromatic carbocycles. The van der Waals surface area contributed by atoms with E-state index in [1.54, 1.807) is 0 Å². The number of phosphoric ester groups is 1. The van der Waals surface area contributed by atoms with Gasteiger partial charge >= 0.3 is 25.7 Å². The van der Waals surface area contributed by atoms with Gasteiger partial charge in [-0.2, -0.15) is 0 Å². The number of unbranched alkanes of at least 4 members (excludes halogenated alkanes) is 26. The van der Waals surface area contributed by atoms with Crippen LogP contribution >= 0.6 is 7.82 Å². The quantitative estimate of drug-likeness (QED) is 0.0197. The van der Waals surface area contributed by atoms with Gasteiger partial charge in [0.15, 0.2) is 6.10 Å². The van der Waals surface area contributed by atoms with Crippen molar-refractivity contribution in [2.24, 2.45) is 0 Å². The number of esters is 3. The monoisotopic (exact) mass is 981 g/mol. The minimum Gasteiger partial charge on any atom is -0.462 e. The fourth-order valence-corrected chi connectivity index (χ4v) is 8.21. The summed E-state index contributed by atoms with van der Waals surface area (Å²) in [5.41, 5.74) is 0. The molecular formula is C56H101O11P. The normalized spacial score (nSPS) is 13.8. The Bertz CT molecular complexity index is 1330. The summed E-state index contributed by atoms with van der Waals surface area (Å²) in [6.45, 7) is 4.51. The highest BCUT2D eigenvalue weighted by Gasteiger charge is 2.28. The molecule has 0 aromatic rings. The summed E-state index contributed by atoms with van der Waals surface area (Å²) in [5.74, 6) is -1.49. The first-order valence-corrected chi connectivity index (χ1v) is 29.0. The highest BCUT2D eigenvalue weighted by Crippen LogP contribution is 2.43. The van der Waals surface area contributed by atoms with Gasteiger partial charge in [0.05, 0.1) is 19.8 Å². The van der Waals surface area contributed by atoms with E-state index in [9.17, 15) is 28.9 Å². The van der Waals surface area contributed by atoms with Crippen LogP contribution in [0.5, 0.6) is 0 Å². The van der Waals surface area contributed by atoms with Crippen LogP contribution in [0.4, 0.5) is 0 Å². The number of aliphatic hydroxyl groups is 1. The van der Waals surface area contributed by atoms with Gasteiger partial charge in [-0.1, -0.05) is 191 Å². The van der Waals surface area contributed by atoms with Gasteiger partial charge in [-0.3, -0.25) is 23.4 Å². The standard InChI is InChI=1S/C56H101O11P/c1-4-7-10-13-16-19-22-24-25-26-27-29-32-35-38-41-44-47-56(60)67-53(49-63-54(58)45-42-39-36-33-31-28-23-20-17-14-11-8-5-2)51-65-68(61,62)64-50-52(48-57)66-55(59)46-43-40-37-34-30-21-18-15-12-9-6-3/h11,14-15,18,20,23-25,52-53,57H,4-10,12-13,16-17,19,21-22,26-51H2,1-3H3,(H,61,62)/b14-11-,18-15-,23-20-,25-24-. The van der Waals surface area contributed by atoms with Crippen LogP contribution in [0.25, 0.3) is 0 Å². The summed E-state index contributed by atoms with van der Waals surface area (Å²) in [7, 11) is -4.75. The van der Waals surface area contributed by atoms with E-state index in [2.05, 4.69) is 69.4 Å². The number of aliphatic hydroxyl groups excluding tert-OH is 1. The summed E-state index contributed by atoms with van der Waals surface area (Å²) in [6, 6.07) is 0. The Kier molecular flexibility index (Phi) is 48.9. The predicted molar refractivity (Wildman–Crippen MR) is 279 cm³/mol. The molecule has 3 atom stereocenters. The van der Waals surface area contributed by atoms with E-state index in [0.717, 1.165) is 116 Å². The van der Waals surface area contributed by atoms with Crippen molar-refractivity contribution in [3.8, 4) is 0 Å². The number of ether oxygens (including phenoxy) is 3. The third-order valence-electron chi connectivity index (χ3n) is 11.7. The smallest absolute Gasteiger partial charge is 0.462 e. The van der Waals surface area contributed by atoms with E-state index in [-0.39, 0.29) is 25.9 Å².